The van der Waals surface area contributed by atoms with E-state index in [-0.39, 0.29) is 5.92 Å². The van der Waals surface area contributed by atoms with Crippen molar-refractivity contribution in [1.82, 2.24) is 0 Å². The lowest BCUT2D eigenvalue weighted by atomic mass is 9.79. The number of rotatable bonds is 4. The molecule has 0 aromatic rings. The van der Waals surface area contributed by atoms with Crippen LogP contribution in [0.3, 0.4) is 0 Å². The number of hydrogen-bond acceptors (Lipinski definition) is 1. The van der Waals surface area contributed by atoms with Gasteiger partial charge in [0.1, 0.15) is 0 Å². The Kier molecular flexibility index (Phi) is 4.25. The number of carboxylic acids is 1. The largest absolute Gasteiger partial charge is 0.478 e. The van der Waals surface area contributed by atoms with Crippen LogP contribution >= 0.6 is 0 Å². The Hall–Kier alpha value is -0.790. The Labute approximate surface area is 104 Å². The van der Waals surface area contributed by atoms with Gasteiger partial charge in [-0.1, -0.05) is 45.1 Å². The van der Waals surface area contributed by atoms with Gasteiger partial charge in [0.15, 0.2) is 0 Å². The second kappa shape index (κ2) is 5.70. The van der Waals surface area contributed by atoms with Gasteiger partial charge in [0, 0.05) is 5.57 Å². The van der Waals surface area contributed by atoms with Crippen LogP contribution in [0.2, 0.25) is 0 Å². The highest BCUT2D eigenvalue weighted by Gasteiger charge is 2.29. The molecule has 2 heteroatoms. The van der Waals surface area contributed by atoms with E-state index in [2.05, 4.69) is 6.58 Å². The molecule has 1 N–H and O–H groups in total. The van der Waals surface area contributed by atoms with Crippen LogP contribution in [0.5, 0.6) is 0 Å². The highest BCUT2D eigenvalue weighted by Crippen LogP contribution is 2.41. The first-order valence-electron chi connectivity index (χ1n) is 7.09. The van der Waals surface area contributed by atoms with E-state index in [1.807, 2.05) is 0 Å². The van der Waals surface area contributed by atoms with Crippen LogP contribution < -0.4 is 0 Å². The first kappa shape index (κ1) is 12.7. The van der Waals surface area contributed by atoms with Gasteiger partial charge < -0.3 is 5.11 Å². The van der Waals surface area contributed by atoms with Gasteiger partial charge >= 0.3 is 5.97 Å². The van der Waals surface area contributed by atoms with Crippen LogP contribution in [0.4, 0.5) is 0 Å². The molecule has 2 atom stereocenters. The van der Waals surface area contributed by atoms with Crippen LogP contribution in [-0.2, 0) is 4.79 Å². The summed E-state index contributed by atoms with van der Waals surface area (Å²) in [6.45, 7) is 3.78. The molecule has 96 valence electrons. The quantitative estimate of drug-likeness (QED) is 0.749. The van der Waals surface area contributed by atoms with Gasteiger partial charge in [-0.05, 0) is 37.0 Å². The first-order valence-corrected chi connectivity index (χ1v) is 7.09. The van der Waals surface area contributed by atoms with E-state index in [1.54, 1.807) is 0 Å². The molecule has 0 radical (unpaired) electrons. The van der Waals surface area contributed by atoms with Crippen molar-refractivity contribution in [3.05, 3.63) is 12.2 Å². The summed E-state index contributed by atoms with van der Waals surface area (Å²) in [5.74, 6) is 1.15. The molecule has 0 bridgehead atoms. The van der Waals surface area contributed by atoms with E-state index < -0.39 is 5.97 Å². The third kappa shape index (κ3) is 3.86. The number of aliphatic carboxylic acids is 1. The average molecular weight is 236 g/mol. The van der Waals surface area contributed by atoms with E-state index in [1.165, 1.54) is 44.9 Å². The summed E-state index contributed by atoms with van der Waals surface area (Å²) in [5.41, 5.74) is 0.452. The minimum absolute atomic E-state index is 0.233. The number of carbonyl (C=O) groups is 1. The molecule has 0 aromatic heterocycles. The van der Waals surface area contributed by atoms with Gasteiger partial charge in [0.25, 0.3) is 0 Å². The van der Waals surface area contributed by atoms with Crippen LogP contribution in [0.15, 0.2) is 12.2 Å². The lowest BCUT2D eigenvalue weighted by Gasteiger charge is -2.26. The smallest absolute Gasteiger partial charge is 0.331 e. The Morgan fingerprint density at radius 3 is 2.41 bits per heavy atom. The van der Waals surface area contributed by atoms with E-state index >= 15 is 0 Å². The maximum absolute atomic E-state index is 11.0. The summed E-state index contributed by atoms with van der Waals surface area (Å²) in [4.78, 5) is 11.0. The van der Waals surface area contributed by atoms with E-state index in [9.17, 15) is 4.79 Å². The van der Waals surface area contributed by atoms with Gasteiger partial charge in [0.05, 0.1) is 0 Å². The summed E-state index contributed by atoms with van der Waals surface area (Å²) in [6, 6.07) is 0. The predicted molar refractivity (Wildman–Crippen MR) is 68.8 cm³/mol. The molecule has 0 aliphatic heterocycles. The lowest BCUT2D eigenvalue weighted by Crippen LogP contribution is -2.18. The van der Waals surface area contributed by atoms with E-state index in [0.29, 0.717) is 5.57 Å². The third-order valence-corrected chi connectivity index (χ3v) is 4.41. The molecule has 17 heavy (non-hydrogen) atoms. The molecule has 0 heterocycles. The molecular formula is C15H24O2. The van der Waals surface area contributed by atoms with Gasteiger partial charge in [-0.3, -0.25) is 0 Å². The normalized spacial score (nSPS) is 30.4. The number of hydrogen-bond donors (Lipinski definition) is 1. The molecule has 0 amide bonds. The molecule has 2 unspecified atom stereocenters. The Bertz CT molecular complexity index is 291. The van der Waals surface area contributed by atoms with Gasteiger partial charge in [0.2, 0.25) is 0 Å². The fourth-order valence-electron chi connectivity index (χ4n) is 3.17. The van der Waals surface area contributed by atoms with Crippen molar-refractivity contribution in [2.75, 3.05) is 0 Å². The highest BCUT2D eigenvalue weighted by atomic mass is 16.4. The topological polar surface area (TPSA) is 37.3 Å². The molecule has 2 fully saturated rings. The zero-order chi connectivity index (χ0) is 12.3. The Morgan fingerprint density at radius 1 is 1.06 bits per heavy atom. The molecule has 2 rings (SSSR count). The first-order chi connectivity index (χ1) is 8.16. The van der Waals surface area contributed by atoms with Crippen molar-refractivity contribution in [3.8, 4) is 0 Å². The lowest BCUT2D eigenvalue weighted by molar-refractivity contribution is -0.133. The van der Waals surface area contributed by atoms with Crippen molar-refractivity contribution in [2.24, 2.45) is 17.8 Å². The SMILES string of the molecule is C=C(C(=O)O)C1CCCCCC(CC2CC2)C1. The van der Waals surface area contributed by atoms with E-state index in [0.717, 1.165) is 24.7 Å². The summed E-state index contributed by atoms with van der Waals surface area (Å²) in [6.07, 6.45) is 11.3. The molecule has 2 saturated carbocycles. The minimum Gasteiger partial charge on any atom is -0.478 e. The van der Waals surface area contributed by atoms with Crippen LogP contribution in [0, 0.1) is 17.8 Å². The molecule has 0 saturated heterocycles. The molecule has 0 spiro atoms. The molecule has 2 aliphatic carbocycles. The summed E-state index contributed by atoms with van der Waals surface area (Å²) in [7, 11) is 0. The average Bonchev–Trinajstić information content (AvgIpc) is 3.04. The van der Waals surface area contributed by atoms with Gasteiger partial charge in [-0.15, -0.1) is 0 Å². The monoisotopic (exact) mass is 236 g/mol. The van der Waals surface area contributed by atoms with Crippen molar-refractivity contribution >= 4 is 5.97 Å². The maximum Gasteiger partial charge on any atom is 0.331 e. The van der Waals surface area contributed by atoms with Gasteiger partial charge in [-0.25, -0.2) is 4.79 Å². The zero-order valence-electron chi connectivity index (χ0n) is 10.7. The fraction of sp³-hybridized carbons (Fsp3) is 0.800. The number of carboxylic acid groups (broad SMARTS) is 1. The molecule has 2 nitrogen and oxygen atoms in total. The minimum atomic E-state index is -0.791. The van der Waals surface area contributed by atoms with Crippen LogP contribution in [-0.4, -0.2) is 11.1 Å². The van der Waals surface area contributed by atoms with Crippen LogP contribution in [0.1, 0.15) is 57.8 Å². The summed E-state index contributed by atoms with van der Waals surface area (Å²) >= 11 is 0. The molecule has 0 aromatic carbocycles. The second-order valence-corrected chi connectivity index (χ2v) is 5.95. The molecule has 2 aliphatic rings. The fourth-order valence-corrected chi connectivity index (χ4v) is 3.17. The standard InChI is InChI=1S/C15H24O2/c1-11(15(16)17)14-6-4-2-3-5-13(10-14)9-12-7-8-12/h12-14H,1-10H2,(H,16,17). The van der Waals surface area contributed by atoms with Gasteiger partial charge in [-0.2, -0.15) is 0 Å². The summed E-state index contributed by atoms with van der Waals surface area (Å²) < 4.78 is 0. The van der Waals surface area contributed by atoms with Crippen molar-refractivity contribution in [3.63, 3.8) is 0 Å². The second-order valence-electron chi connectivity index (χ2n) is 5.95. The van der Waals surface area contributed by atoms with Crippen LogP contribution in [0.25, 0.3) is 0 Å². The zero-order valence-corrected chi connectivity index (χ0v) is 10.7. The van der Waals surface area contributed by atoms with Crippen molar-refractivity contribution in [2.45, 2.75) is 57.8 Å². The predicted octanol–water partition coefficient (Wildman–Crippen LogP) is 4.01. The maximum atomic E-state index is 11.0. The Balaban J connectivity index is 1.92. The summed E-state index contributed by atoms with van der Waals surface area (Å²) in [5, 5.41) is 9.08. The highest BCUT2D eigenvalue weighted by molar-refractivity contribution is 5.86. The Morgan fingerprint density at radius 2 is 1.76 bits per heavy atom. The van der Waals surface area contributed by atoms with E-state index in [4.69, 9.17) is 5.11 Å². The molecular weight excluding hydrogens is 212 g/mol. The van der Waals surface area contributed by atoms with Crippen molar-refractivity contribution < 1.29 is 9.90 Å². The van der Waals surface area contributed by atoms with Crippen molar-refractivity contribution in [1.29, 1.82) is 0 Å². The third-order valence-electron chi connectivity index (χ3n) is 4.41.